The summed E-state index contributed by atoms with van der Waals surface area (Å²) in [7, 11) is -3.66. The van der Waals surface area contributed by atoms with Gasteiger partial charge in [-0.25, -0.2) is 8.42 Å². The highest BCUT2D eigenvalue weighted by atomic mass is 32.2. The Morgan fingerprint density at radius 1 is 1.07 bits per heavy atom. The molecule has 1 atom stereocenters. The van der Waals surface area contributed by atoms with E-state index < -0.39 is 16.1 Å². The Hall–Kier alpha value is -2.54. The van der Waals surface area contributed by atoms with Crippen LogP contribution >= 0.6 is 0 Å². The molecule has 0 fully saturated rings. The summed E-state index contributed by atoms with van der Waals surface area (Å²) in [5.41, 5.74) is 2.53. The van der Waals surface area contributed by atoms with Crippen molar-refractivity contribution in [1.82, 2.24) is 5.32 Å². The highest BCUT2D eigenvalue weighted by molar-refractivity contribution is 7.92. The minimum atomic E-state index is -3.66. The Morgan fingerprint density at radius 3 is 2.18 bits per heavy atom. The molecule has 0 saturated carbocycles. The molecule has 7 heteroatoms. The van der Waals surface area contributed by atoms with Gasteiger partial charge in [-0.2, -0.15) is 0 Å². The van der Waals surface area contributed by atoms with E-state index >= 15 is 0 Å². The second kappa shape index (κ2) is 9.59. The van der Waals surface area contributed by atoms with Gasteiger partial charge in [-0.1, -0.05) is 36.8 Å². The first-order valence-electron chi connectivity index (χ1n) is 9.31. The van der Waals surface area contributed by atoms with Crippen molar-refractivity contribution in [3.63, 3.8) is 0 Å². The van der Waals surface area contributed by atoms with E-state index in [1.54, 1.807) is 31.2 Å². The van der Waals surface area contributed by atoms with E-state index in [-0.39, 0.29) is 5.91 Å². The van der Waals surface area contributed by atoms with E-state index in [1.807, 2.05) is 38.1 Å². The summed E-state index contributed by atoms with van der Waals surface area (Å²) in [6, 6.07) is 13.7. The molecule has 152 valence electrons. The second-order valence-electron chi connectivity index (χ2n) is 6.61. The molecule has 2 rings (SSSR count). The number of sulfonamides is 1. The third-order valence-electron chi connectivity index (χ3n) is 4.32. The van der Waals surface area contributed by atoms with Crippen molar-refractivity contribution in [3.05, 3.63) is 59.7 Å². The van der Waals surface area contributed by atoms with Crippen molar-refractivity contribution in [2.75, 3.05) is 17.2 Å². The molecular weight excluding hydrogens is 376 g/mol. The highest BCUT2D eigenvalue weighted by Crippen LogP contribution is 2.25. The number of rotatable bonds is 9. The Labute approximate surface area is 167 Å². The van der Waals surface area contributed by atoms with Crippen molar-refractivity contribution >= 4 is 21.6 Å². The van der Waals surface area contributed by atoms with Gasteiger partial charge in [-0.3, -0.25) is 9.10 Å². The van der Waals surface area contributed by atoms with Crippen molar-refractivity contribution in [3.8, 4) is 5.75 Å². The van der Waals surface area contributed by atoms with E-state index in [1.165, 1.54) is 4.31 Å². The summed E-state index contributed by atoms with van der Waals surface area (Å²) >= 11 is 0. The number of anilines is 1. The van der Waals surface area contributed by atoms with Crippen LogP contribution in [0.3, 0.4) is 0 Å². The largest absolute Gasteiger partial charge is 0.494 e. The van der Waals surface area contributed by atoms with Crippen LogP contribution in [-0.2, 0) is 21.4 Å². The van der Waals surface area contributed by atoms with E-state index in [4.69, 9.17) is 4.74 Å². The van der Waals surface area contributed by atoms with Crippen LogP contribution in [0.15, 0.2) is 48.5 Å². The molecule has 0 aromatic heterocycles. The van der Waals surface area contributed by atoms with Gasteiger partial charge in [0.2, 0.25) is 15.9 Å². The summed E-state index contributed by atoms with van der Waals surface area (Å²) in [5.74, 6) is 0.318. The van der Waals surface area contributed by atoms with Crippen LogP contribution in [0.5, 0.6) is 5.75 Å². The maximum Gasteiger partial charge on any atom is 0.244 e. The molecule has 2 aromatic rings. The monoisotopic (exact) mass is 404 g/mol. The molecule has 0 aliphatic heterocycles. The molecule has 28 heavy (non-hydrogen) atoms. The molecular formula is C21H28N2O4S. The number of benzene rings is 2. The lowest BCUT2D eigenvalue weighted by molar-refractivity contribution is -0.122. The van der Waals surface area contributed by atoms with Gasteiger partial charge < -0.3 is 10.1 Å². The average Bonchev–Trinajstić information content (AvgIpc) is 2.65. The van der Waals surface area contributed by atoms with Crippen LogP contribution in [0.4, 0.5) is 5.69 Å². The lowest BCUT2D eigenvalue weighted by atomic mass is 10.1. The lowest BCUT2D eigenvalue weighted by Gasteiger charge is -2.30. The summed E-state index contributed by atoms with van der Waals surface area (Å²) < 4.78 is 31.5. The standard InChI is InChI=1S/C21H28N2O4S/c1-5-20(21(24)22-15-17-9-7-16(3)8-10-17)23(28(4,25)26)18-11-13-19(14-12-18)27-6-2/h7-14,20H,5-6,15H2,1-4H3,(H,22,24)/t20-/m0/s1. The topological polar surface area (TPSA) is 75.7 Å². The third-order valence-corrected chi connectivity index (χ3v) is 5.50. The summed E-state index contributed by atoms with van der Waals surface area (Å²) in [6.45, 7) is 6.53. The van der Waals surface area contributed by atoms with Crippen molar-refractivity contribution < 1.29 is 17.9 Å². The van der Waals surface area contributed by atoms with Crippen molar-refractivity contribution in [1.29, 1.82) is 0 Å². The van der Waals surface area contributed by atoms with Gasteiger partial charge in [0.1, 0.15) is 11.8 Å². The highest BCUT2D eigenvalue weighted by Gasteiger charge is 2.31. The molecule has 1 amide bonds. The number of aryl methyl sites for hydroxylation is 1. The van der Waals surface area contributed by atoms with E-state index in [9.17, 15) is 13.2 Å². The molecule has 2 aromatic carbocycles. The summed E-state index contributed by atoms with van der Waals surface area (Å²) in [6.07, 6.45) is 1.46. The molecule has 0 aliphatic rings. The fourth-order valence-corrected chi connectivity index (χ4v) is 4.14. The summed E-state index contributed by atoms with van der Waals surface area (Å²) in [5, 5.41) is 2.85. The molecule has 0 radical (unpaired) electrons. The van der Waals surface area contributed by atoms with Crippen LogP contribution in [-0.4, -0.2) is 33.2 Å². The number of hydrogen-bond acceptors (Lipinski definition) is 4. The zero-order chi connectivity index (χ0) is 20.7. The van der Waals surface area contributed by atoms with E-state index in [2.05, 4.69) is 5.32 Å². The smallest absolute Gasteiger partial charge is 0.244 e. The maximum absolute atomic E-state index is 12.8. The van der Waals surface area contributed by atoms with Crippen LogP contribution in [0.1, 0.15) is 31.4 Å². The lowest BCUT2D eigenvalue weighted by Crippen LogP contribution is -2.49. The zero-order valence-corrected chi connectivity index (χ0v) is 17.6. The number of amides is 1. The van der Waals surface area contributed by atoms with Gasteiger partial charge in [-0.05, 0) is 50.1 Å². The average molecular weight is 405 g/mol. The fourth-order valence-electron chi connectivity index (χ4n) is 2.93. The first-order chi connectivity index (χ1) is 13.3. The molecule has 0 unspecified atom stereocenters. The molecule has 1 N–H and O–H groups in total. The Bertz CT molecular complexity index is 878. The molecule has 6 nitrogen and oxygen atoms in total. The minimum Gasteiger partial charge on any atom is -0.494 e. The number of ether oxygens (including phenoxy) is 1. The number of hydrogen-bond donors (Lipinski definition) is 1. The SMILES string of the molecule is CCOc1ccc(N([C@@H](CC)C(=O)NCc2ccc(C)cc2)S(C)(=O)=O)cc1. The van der Waals surface area contributed by atoms with Gasteiger partial charge in [0.15, 0.2) is 0 Å². The first-order valence-corrected chi connectivity index (χ1v) is 11.2. The van der Waals surface area contributed by atoms with Gasteiger partial charge in [-0.15, -0.1) is 0 Å². The number of nitrogens with one attached hydrogen (secondary N) is 1. The van der Waals surface area contributed by atoms with Gasteiger partial charge >= 0.3 is 0 Å². The maximum atomic E-state index is 12.8. The Kier molecular flexibility index (Phi) is 7.45. The van der Waals surface area contributed by atoms with Gasteiger partial charge in [0.25, 0.3) is 0 Å². The van der Waals surface area contributed by atoms with Crippen molar-refractivity contribution in [2.24, 2.45) is 0 Å². The normalized spacial score (nSPS) is 12.3. The first kappa shape index (κ1) is 21.8. The molecule has 0 heterocycles. The number of carbonyl (C=O) groups is 1. The molecule has 0 aliphatic carbocycles. The zero-order valence-electron chi connectivity index (χ0n) is 16.8. The number of carbonyl (C=O) groups excluding carboxylic acids is 1. The summed E-state index contributed by atoms with van der Waals surface area (Å²) in [4.78, 5) is 12.8. The van der Waals surface area contributed by atoms with Gasteiger partial charge in [0, 0.05) is 6.54 Å². The van der Waals surface area contributed by atoms with Gasteiger partial charge in [0.05, 0.1) is 18.6 Å². The Balaban J connectivity index is 2.21. The third kappa shape index (κ3) is 5.73. The van der Waals surface area contributed by atoms with Crippen LogP contribution in [0, 0.1) is 6.92 Å². The Morgan fingerprint density at radius 2 is 1.68 bits per heavy atom. The minimum absolute atomic E-state index is 0.331. The predicted molar refractivity (Wildman–Crippen MR) is 112 cm³/mol. The second-order valence-corrected chi connectivity index (χ2v) is 8.47. The van der Waals surface area contributed by atoms with Crippen LogP contribution in [0.25, 0.3) is 0 Å². The van der Waals surface area contributed by atoms with Crippen molar-refractivity contribution in [2.45, 2.75) is 39.8 Å². The van der Waals surface area contributed by atoms with E-state index in [0.717, 1.165) is 17.4 Å². The molecule has 0 bridgehead atoms. The van der Waals surface area contributed by atoms with E-state index in [0.29, 0.717) is 31.0 Å². The quantitative estimate of drug-likeness (QED) is 0.696. The molecule has 0 saturated heterocycles. The fraction of sp³-hybridized carbons (Fsp3) is 0.381. The number of nitrogens with zero attached hydrogens (tertiary/aromatic N) is 1. The molecule has 0 spiro atoms. The predicted octanol–water partition coefficient (Wildman–Crippen LogP) is 3.25. The van der Waals surface area contributed by atoms with Crippen LogP contribution < -0.4 is 14.4 Å². The van der Waals surface area contributed by atoms with Crippen LogP contribution in [0.2, 0.25) is 0 Å².